The summed E-state index contributed by atoms with van der Waals surface area (Å²) in [6.07, 6.45) is 0. The van der Waals surface area contributed by atoms with Crippen LogP contribution in [0, 0.1) is 0 Å². The zero-order valence-electron chi connectivity index (χ0n) is 17.2. The fourth-order valence-corrected chi connectivity index (χ4v) is 4.05. The first-order chi connectivity index (χ1) is 15.5. The molecule has 4 rings (SSSR count). The molecular formula is C26H18Cl2N2NiS2-4. The molecule has 0 aliphatic carbocycles. The predicted molar refractivity (Wildman–Crippen MR) is 139 cm³/mol. The van der Waals surface area contributed by atoms with E-state index < -0.39 is 0 Å². The molecule has 0 radical (unpaired) electrons. The van der Waals surface area contributed by atoms with Crippen molar-refractivity contribution < 1.29 is 16.5 Å². The summed E-state index contributed by atoms with van der Waals surface area (Å²) in [6.45, 7) is 0. The second-order valence-electron chi connectivity index (χ2n) is 7.19. The van der Waals surface area contributed by atoms with E-state index in [1.807, 2.05) is 97.1 Å². The summed E-state index contributed by atoms with van der Waals surface area (Å²) < 4.78 is 0. The third-order valence-electron chi connectivity index (χ3n) is 5.01. The molecule has 0 amide bonds. The summed E-state index contributed by atoms with van der Waals surface area (Å²) in [5, 5.41) is 11.5. The Morgan fingerprint density at radius 3 is 1.18 bits per heavy atom. The van der Waals surface area contributed by atoms with E-state index in [9.17, 15) is 0 Å². The van der Waals surface area contributed by atoms with Gasteiger partial charge in [0.25, 0.3) is 0 Å². The third-order valence-corrected chi connectivity index (χ3v) is 6.20. The van der Waals surface area contributed by atoms with Gasteiger partial charge in [-0.3, -0.25) is 0 Å². The van der Waals surface area contributed by atoms with Crippen molar-refractivity contribution in [1.82, 2.24) is 0 Å². The number of hydrogen-bond acceptors (Lipinski definition) is 2. The summed E-state index contributed by atoms with van der Waals surface area (Å²) in [5.41, 5.74) is 3.42. The van der Waals surface area contributed by atoms with Crippen LogP contribution in [-0.4, -0.2) is 0 Å². The molecule has 0 heterocycles. The van der Waals surface area contributed by atoms with Crippen molar-refractivity contribution >= 4 is 59.8 Å². The van der Waals surface area contributed by atoms with E-state index in [1.165, 1.54) is 0 Å². The van der Waals surface area contributed by atoms with Crippen molar-refractivity contribution in [3.05, 3.63) is 129 Å². The molecule has 0 aliphatic heterocycles. The number of rotatable bonds is 7. The van der Waals surface area contributed by atoms with Gasteiger partial charge >= 0.3 is 0 Å². The van der Waals surface area contributed by atoms with Gasteiger partial charge in [-0.2, -0.15) is 21.2 Å². The van der Waals surface area contributed by atoms with Gasteiger partial charge in [-0.25, -0.2) is 0 Å². The molecule has 2 unspecified atom stereocenters. The molecule has 0 saturated carbocycles. The summed E-state index contributed by atoms with van der Waals surface area (Å²) in [6, 6.07) is 29.9. The van der Waals surface area contributed by atoms with Crippen LogP contribution in [0.4, 0.5) is 11.4 Å². The summed E-state index contributed by atoms with van der Waals surface area (Å²) in [4.78, 5) is 1.37. The molecule has 172 valence electrons. The van der Waals surface area contributed by atoms with Crippen molar-refractivity contribution in [2.24, 2.45) is 0 Å². The Bertz CT molecular complexity index is 1090. The van der Waals surface area contributed by atoms with Crippen molar-refractivity contribution in [3.63, 3.8) is 0 Å². The SMILES string of the molecule is [Ni].[S-]c1ccccc1[N-]C(c1ccc(Cl)cc1)C([N-]c1ccccc1[S-])c1ccc(Cl)cc1. The van der Waals surface area contributed by atoms with Crippen LogP contribution in [0.1, 0.15) is 23.2 Å². The maximum atomic E-state index is 6.17. The van der Waals surface area contributed by atoms with Crippen LogP contribution in [0.2, 0.25) is 10.0 Å². The van der Waals surface area contributed by atoms with Crippen molar-refractivity contribution in [2.45, 2.75) is 21.9 Å². The fraction of sp³-hybridized carbons (Fsp3) is 0.0769. The van der Waals surface area contributed by atoms with E-state index in [4.69, 9.17) is 59.1 Å². The Morgan fingerprint density at radius 2 is 0.848 bits per heavy atom. The molecule has 0 spiro atoms. The zero-order chi connectivity index (χ0) is 22.5. The molecule has 0 aliphatic rings. The van der Waals surface area contributed by atoms with Crippen LogP contribution in [0.3, 0.4) is 0 Å². The minimum absolute atomic E-state index is 0. The normalized spacial score (nSPS) is 12.3. The van der Waals surface area contributed by atoms with Crippen LogP contribution in [-0.2, 0) is 41.7 Å². The van der Waals surface area contributed by atoms with Crippen LogP contribution >= 0.6 is 23.2 Å². The van der Waals surface area contributed by atoms with Gasteiger partial charge in [0.05, 0.1) is 0 Å². The van der Waals surface area contributed by atoms with Gasteiger partial charge in [-0.05, 0) is 24.3 Å². The molecule has 0 saturated heterocycles. The maximum absolute atomic E-state index is 6.17. The predicted octanol–water partition coefficient (Wildman–Crippen LogP) is 9.00. The molecule has 0 fully saturated rings. The van der Waals surface area contributed by atoms with E-state index in [0.717, 1.165) is 22.5 Å². The smallest absolute Gasteiger partial charge is 0.0406 e. The Hall–Kier alpha value is -2.01. The molecule has 0 aromatic heterocycles. The monoisotopic (exact) mass is 550 g/mol. The topological polar surface area (TPSA) is 28.2 Å². The number of halogens is 2. The Morgan fingerprint density at radius 1 is 0.515 bits per heavy atom. The third kappa shape index (κ3) is 6.53. The van der Waals surface area contributed by atoms with Crippen LogP contribution < -0.4 is 0 Å². The first-order valence-corrected chi connectivity index (χ1v) is 11.5. The van der Waals surface area contributed by atoms with E-state index in [1.54, 1.807) is 0 Å². The molecular weight excluding hydrogens is 534 g/mol. The number of para-hydroxylation sites is 2. The van der Waals surface area contributed by atoms with Crippen molar-refractivity contribution in [3.8, 4) is 0 Å². The van der Waals surface area contributed by atoms with Gasteiger partial charge in [0.2, 0.25) is 0 Å². The second-order valence-corrected chi connectivity index (χ2v) is 8.94. The van der Waals surface area contributed by atoms with E-state index >= 15 is 0 Å². The van der Waals surface area contributed by atoms with Crippen molar-refractivity contribution in [1.29, 1.82) is 0 Å². The van der Waals surface area contributed by atoms with Crippen molar-refractivity contribution in [2.75, 3.05) is 0 Å². The molecule has 2 nitrogen and oxygen atoms in total. The maximum Gasteiger partial charge on any atom is 0.0406 e. The number of nitrogens with zero attached hydrogens (tertiary/aromatic N) is 2. The van der Waals surface area contributed by atoms with E-state index in [2.05, 4.69) is 0 Å². The molecule has 0 bridgehead atoms. The quantitative estimate of drug-likeness (QED) is 0.169. The van der Waals surface area contributed by atoms with E-state index in [-0.39, 0.29) is 28.6 Å². The Kier molecular flexibility index (Phi) is 9.25. The largest absolute Gasteiger partial charge is 0.781 e. The fourth-order valence-electron chi connectivity index (χ4n) is 3.40. The minimum Gasteiger partial charge on any atom is -0.781 e. The van der Waals surface area contributed by atoms with Gasteiger partial charge in [0, 0.05) is 26.5 Å². The molecule has 4 aromatic carbocycles. The van der Waals surface area contributed by atoms with E-state index in [0.29, 0.717) is 19.8 Å². The summed E-state index contributed by atoms with van der Waals surface area (Å²) in [7, 11) is 0. The first-order valence-electron chi connectivity index (χ1n) is 9.96. The van der Waals surface area contributed by atoms with Gasteiger partial charge in [-0.15, -0.1) is 12.1 Å². The molecule has 0 N–H and O–H groups in total. The van der Waals surface area contributed by atoms with Crippen LogP contribution in [0.25, 0.3) is 10.6 Å². The standard InChI is InChI=1S/C26H20Cl2N2S2.Ni/c27-19-13-9-17(10-14-19)25(29-21-5-1-3-7-23(21)31)26(18-11-15-20(28)16-12-18)30-22-6-2-4-8-24(22)32;/h1-16,25-26,31-32H;/q-2;/p-2. The zero-order valence-corrected chi connectivity index (χ0v) is 21.3. The first kappa shape index (κ1) is 25.6. The summed E-state index contributed by atoms with van der Waals surface area (Å²) in [5.74, 6) is 0. The molecule has 33 heavy (non-hydrogen) atoms. The average molecular weight is 552 g/mol. The second kappa shape index (κ2) is 11.9. The number of benzene rings is 4. The molecule has 2 atom stereocenters. The van der Waals surface area contributed by atoms with Gasteiger partial charge < -0.3 is 35.9 Å². The van der Waals surface area contributed by atoms with Gasteiger partial charge in [0.1, 0.15) is 0 Å². The average Bonchev–Trinajstić information content (AvgIpc) is 2.80. The summed E-state index contributed by atoms with van der Waals surface area (Å²) >= 11 is 23.4. The Balaban J connectivity index is 0.00000306. The molecule has 4 aromatic rings. The Labute approximate surface area is 225 Å². The molecule has 7 heteroatoms. The van der Waals surface area contributed by atoms with Gasteiger partial charge in [-0.1, -0.05) is 107 Å². The van der Waals surface area contributed by atoms with Crippen LogP contribution in [0.15, 0.2) is 107 Å². The minimum atomic E-state index is -0.354. The van der Waals surface area contributed by atoms with Gasteiger partial charge in [0.15, 0.2) is 0 Å². The number of hydrogen-bond donors (Lipinski definition) is 0. The van der Waals surface area contributed by atoms with Crippen LogP contribution in [0.5, 0.6) is 0 Å².